The van der Waals surface area contributed by atoms with Crippen molar-refractivity contribution in [3.8, 4) is 6.07 Å². The zero-order valence-electron chi connectivity index (χ0n) is 17.1. The van der Waals surface area contributed by atoms with Gasteiger partial charge in [-0.25, -0.2) is 9.37 Å². The maximum absolute atomic E-state index is 13.1. The molecule has 2 bridgehead atoms. The largest absolute Gasteiger partial charge is 0.347 e. The van der Waals surface area contributed by atoms with Crippen LogP contribution in [0.3, 0.4) is 0 Å². The topological polar surface area (TPSA) is 72.3 Å². The molecule has 156 valence electrons. The van der Waals surface area contributed by atoms with E-state index in [0.717, 1.165) is 24.2 Å². The second-order valence-corrected chi connectivity index (χ2v) is 8.09. The molecule has 3 heterocycles. The third-order valence-corrected chi connectivity index (χ3v) is 6.14. The van der Waals surface area contributed by atoms with Crippen LogP contribution in [0.1, 0.15) is 43.4 Å². The molecule has 0 spiro atoms. The molecule has 30 heavy (non-hydrogen) atoms. The van der Waals surface area contributed by atoms with Crippen molar-refractivity contribution in [1.29, 1.82) is 5.26 Å². The predicted octanol–water partition coefficient (Wildman–Crippen LogP) is 3.01. The highest BCUT2D eigenvalue weighted by molar-refractivity contribution is 5.77. The monoisotopic (exact) mass is 407 g/mol. The second-order valence-electron chi connectivity index (χ2n) is 8.09. The summed E-state index contributed by atoms with van der Waals surface area (Å²) in [4.78, 5) is 21.5. The number of fused-ring (bicyclic) bond motifs is 2. The SMILES string of the molecule is C[C@H](NCCC(=O)N1CC2CCC(C1)N2c1ccc(C#N)cn1)c1ccc(F)cc1. The van der Waals surface area contributed by atoms with Crippen LogP contribution in [0.15, 0.2) is 42.6 Å². The number of pyridine rings is 1. The second kappa shape index (κ2) is 8.80. The Balaban J connectivity index is 1.29. The van der Waals surface area contributed by atoms with Crippen LogP contribution >= 0.6 is 0 Å². The number of rotatable bonds is 6. The summed E-state index contributed by atoms with van der Waals surface area (Å²) < 4.78 is 13.1. The molecular weight excluding hydrogens is 381 g/mol. The standard InChI is InChI=1S/C23H26FN5O/c1-16(18-3-5-19(24)6-4-18)26-11-10-23(30)28-14-20-7-8-21(15-28)29(20)22-9-2-17(12-25)13-27-22/h2-6,9,13,16,20-21,26H,7-8,10-11,14-15H2,1H3/t16-,20?,21?/m0/s1. The van der Waals surface area contributed by atoms with Gasteiger partial charge in [-0.05, 0) is 49.6 Å². The number of hydrogen-bond acceptors (Lipinski definition) is 5. The Hall–Kier alpha value is -2.98. The first-order chi connectivity index (χ1) is 14.5. The number of halogens is 1. The fourth-order valence-electron chi connectivity index (χ4n) is 4.51. The summed E-state index contributed by atoms with van der Waals surface area (Å²) in [6.45, 7) is 4.03. The van der Waals surface area contributed by atoms with Crippen LogP contribution in [0, 0.1) is 17.1 Å². The van der Waals surface area contributed by atoms with Crippen molar-refractivity contribution in [2.45, 2.75) is 44.3 Å². The molecule has 3 atom stereocenters. The fraction of sp³-hybridized carbons (Fsp3) is 0.435. The number of likely N-dealkylation sites (tertiary alicyclic amines) is 1. The summed E-state index contributed by atoms with van der Waals surface area (Å²) in [6, 6.07) is 12.9. The molecule has 7 heteroatoms. The predicted molar refractivity (Wildman–Crippen MR) is 112 cm³/mol. The first kappa shape index (κ1) is 20.3. The Morgan fingerprint density at radius 3 is 2.53 bits per heavy atom. The van der Waals surface area contributed by atoms with Gasteiger partial charge in [0, 0.05) is 50.4 Å². The highest BCUT2D eigenvalue weighted by atomic mass is 19.1. The summed E-state index contributed by atoms with van der Waals surface area (Å²) in [5, 5.41) is 12.3. The van der Waals surface area contributed by atoms with Gasteiger partial charge in [-0.2, -0.15) is 5.26 Å². The molecule has 0 radical (unpaired) electrons. The highest BCUT2D eigenvalue weighted by Gasteiger charge is 2.41. The van der Waals surface area contributed by atoms with E-state index in [1.807, 2.05) is 17.9 Å². The number of anilines is 1. The number of carbonyl (C=O) groups excluding carboxylic acids is 1. The van der Waals surface area contributed by atoms with E-state index in [0.29, 0.717) is 31.6 Å². The first-order valence-electron chi connectivity index (χ1n) is 10.5. The highest BCUT2D eigenvalue weighted by Crippen LogP contribution is 2.34. The van der Waals surface area contributed by atoms with Crippen LogP contribution in [-0.2, 0) is 4.79 Å². The van der Waals surface area contributed by atoms with E-state index in [1.165, 1.54) is 12.1 Å². The molecule has 6 nitrogen and oxygen atoms in total. The Kier molecular flexibility index (Phi) is 5.96. The normalized spacial score (nSPS) is 21.4. The minimum atomic E-state index is -0.244. The number of benzene rings is 1. The lowest BCUT2D eigenvalue weighted by atomic mass is 10.1. The number of hydrogen-bond donors (Lipinski definition) is 1. The lowest BCUT2D eigenvalue weighted by Gasteiger charge is -2.42. The Bertz CT molecular complexity index is 910. The van der Waals surface area contributed by atoms with Gasteiger partial charge in [-0.15, -0.1) is 0 Å². The number of carbonyl (C=O) groups is 1. The maximum Gasteiger partial charge on any atom is 0.223 e. The molecule has 2 aromatic rings. The van der Waals surface area contributed by atoms with Gasteiger partial charge in [-0.3, -0.25) is 4.79 Å². The molecule has 1 amide bonds. The van der Waals surface area contributed by atoms with Crippen molar-refractivity contribution in [2.75, 3.05) is 24.5 Å². The Morgan fingerprint density at radius 1 is 1.23 bits per heavy atom. The molecule has 2 aliphatic rings. The van der Waals surface area contributed by atoms with Gasteiger partial charge >= 0.3 is 0 Å². The molecule has 1 N–H and O–H groups in total. The van der Waals surface area contributed by atoms with Crippen molar-refractivity contribution in [1.82, 2.24) is 15.2 Å². The molecule has 4 rings (SSSR count). The van der Waals surface area contributed by atoms with Crippen molar-refractivity contribution < 1.29 is 9.18 Å². The summed E-state index contributed by atoms with van der Waals surface area (Å²) in [5.41, 5.74) is 1.56. The van der Waals surface area contributed by atoms with Gasteiger partial charge < -0.3 is 15.1 Å². The lowest BCUT2D eigenvalue weighted by molar-refractivity contribution is -0.132. The lowest BCUT2D eigenvalue weighted by Crippen LogP contribution is -2.56. The van der Waals surface area contributed by atoms with Crippen LogP contribution < -0.4 is 10.2 Å². The van der Waals surface area contributed by atoms with Gasteiger partial charge in [0.15, 0.2) is 0 Å². The Labute approximate surface area is 176 Å². The van der Waals surface area contributed by atoms with Gasteiger partial charge in [0.1, 0.15) is 17.7 Å². The molecule has 1 aromatic heterocycles. The number of piperazine rings is 1. The minimum absolute atomic E-state index is 0.0638. The molecule has 2 aliphatic heterocycles. The molecule has 2 saturated heterocycles. The average Bonchev–Trinajstić information content (AvgIpc) is 3.03. The summed E-state index contributed by atoms with van der Waals surface area (Å²) in [7, 11) is 0. The molecule has 0 aliphatic carbocycles. The van der Waals surface area contributed by atoms with E-state index in [4.69, 9.17) is 5.26 Å². The van der Waals surface area contributed by atoms with Crippen molar-refractivity contribution >= 4 is 11.7 Å². The van der Waals surface area contributed by atoms with Crippen LogP contribution in [0.25, 0.3) is 0 Å². The van der Waals surface area contributed by atoms with Gasteiger partial charge in [-0.1, -0.05) is 12.1 Å². The molecular formula is C23H26FN5O. The molecule has 0 saturated carbocycles. The molecule has 2 fully saturated rings. The number of nitrogens with one attached hydrogen (secondary N) is 1. The summed E-state index contributed by atoms with van der Waals surface area (Å²) in [6.07, 6.45) is 4.16. The van der Waals surface area contributed by atoms with Crippen LogP contribution in [0.4, 0.5) is 10.2 Å². The Morgan fingerprint density at radius 2 is 1.93 bits per heavy atom. The van der Waals surface area contributed by atoms with E-state index in [-0.39, 0.29) is 29.8 Å². The van der Waals surface area contributed by atoms with Gasteiger partial charge in [0.2, 0.25) is 5.91 Å². The van der Waals surface area contributed by atoms with Crippen molar-refractivity contribution in [3.63, 3.8) is 0 Å². The number of amides is 1. The van der Waals surface area contributed by atoms with E-state index in [2.05, 4.69) is 21.3 Å². The number of nitriles is 1. The third kappa shape index (κ3) is 4.29. The van der Waals surface area contributed by atoms with Gasteiger partial charge in [0.05, 0.1) is 5.56 Å². The zero-order chi connectivity index (χ0) is 21.1. The van der Waals surface area contributed by atoms with Crippen molar-refractivity contribution in [3.05, 3.63) is 59.5 Å². The zero-order valence-corrected chi connectivity index (χ0v) is 17.1. The van der Waals surface area contributed by atoms with Gasteiger partial charge in [0.25, 0.3) is 0 Å². The van der Waals surface area contributed by atoms with E-state index in [9.17, 15) is 9.18 Å². The number of nitrogens with zero attached hydrogens (tertiary/aromatic N) is 4. The third-order valence-electron chi connectivity index (χ3n) is 6.14. The molecule has 2 unspecified atom stereocenters. The molecule has 1 aromatic carbocycles. The van der Waals surface area contributed by atoms with E-state index < -0.39 is 0 Å². The summed E-state index contributed by atoms with van der Waals surface area (Å²) in [5.74, 6) is 0.813. The minimum Gasteiger partial charge on any atom is -0.347 e. The first-order valence-corrected chi connectivity index (χ1v) is 10.5. The number of aromatic nitrogens is 1. The quantitative estimate of drug-likeness (QED) is 0.797. The van der Waals surface area contributed by atoms with E-state index in [1.54, 1.807) is 24.4 Å². The smallest absolute Gasteiger partial charge is 0.223 e. The van der Waals surface area contributed by atoms with Crippen LogP contribution in [0.2, 0.25) is 0 Å². The average molecular weight is 407 g/mol. The van der Waals surface area contributed by atoms with Crippen molar-refractivity contribution in [2.24, 2.45) is 0 Å². The van der Waals surface area contributed by atoms with Crippen LogP contribution in [0.5, 0.6) is 0 Å². The fourth-order valence-corrected chi connectivity index (χ4v) is 4.51. The van der Waals surface area contributed by atoms with E-state index >= 15 is 0 Å². The van der Waals surface area contributed by atoms with Crippen LogP contribution in [-0.4, -0.2) is 47.5 Å². The maximum atomic E-state index is 13.1. The summed E-state index contributed by atoms with van der Waals surface area (Å²) >= 11 is 0.